The lowest BCUT2D eigenvalue weighted by Gasteiger charge is -2.56. The number of amides is 1. The third kappa shape index (κ3) is 3.30. The molecule has 37 heavy (non-hydrogen) atoms. The van der Waals surface area contributed by atoms with Gasteiger partial charge in [-0.05, 0) is 42.5 Å². The van der Waals surface area contributed by atoms with Gasteiger partial charge in [-0.1, -0.05) is 5.10 Å². The molecule has 7 rings (SSSR count). The normalized spacial score (nSPS) is 20.1. The molecule has 0 bridgehead atoms. The highest BCUT2D eigenvalue weighted by molar-refractivity contribution is 6.07. The molecule has 4 aromatic rings. The zero-order valence-corrected chi connectivity index (χ0v) is 20.7. The molecule has 2 saturated heterocycles. The maximum atomic E-state index is 13.4. The Labute approximate surface area is 212 Å². The first kappa shape index (κ1) is 21.9. The molecule has 6 heterocycles. The lowest BCUT2D eigenvalue weighted by Crippen LogP contribution is -2.71. The third-order valence-electron chi connectivity index (χ3n) is 7.79. The zero-order chi connectivity index (χ0) is 25.3. The molecular weight excluding hydrogens is 472 g/mol. The predicted octanol–water partition coefficient (Wildman–Crippen LogP) is 1.34. The Balaban J connectivity index is 1.16. The Morgan fingerprint density at radius 3 is 2.81 bits per heavy atom. The van der Waals surface area contributed by atoms with Crippen LogP contribution in [0.1, 0.15) is 19.9 Å². The standard InChI is InChI=1S/C24H26N12O/c1-13-20(14(2)36-23(34(13)3)31-32-33-36)22(37)28-15-4-5-17-16(6-15)21(30-29-17)18-7-19(27-12-26-18)35-10-24(11-35)8-25-9-24/h4-7,12,14,25H,8-11H2,1-3H3,(H,28,37)(H,29,30)/t14-/m0/s1. The van der Waals surface area contributed by atoms with Crippen molar-refractivity contribution in [1.82, 2.24) is 45.7 Å². The van der Waals surface area contributed by atoms with Gasteiger partial charge in [-0.2, -0.15) is 5.10 Å². The summed E-state index contributed by atoms with van der Waals surface area (Å²) in [7, 11) is 1.85. The number of rotatable bonds is 4. The predicted molar refractivity (Wildman–Crippen MR) is 137 cm³/mol. The minimum absolute atomic E-state index is 0.205. The molecule has 3 aliphatic heterocycles. The molecule has 0 saturated carbocycles. The number of tetrazole rings is 1. The van der Waals surface area contributed by atoms with E-state index >= 15 is 0 Å². The number of nitrogens with one attached hydrogen (secondary N) is 3. The van der Waals surface area contributed by atoms with Crippen LogP contribution in [0.15, 0.2) is 41.9 Å². The van der Waals surface area contributed by atoms with E-state index in [0.29, 0.717) is 22.6 Å². The van der Waals surface area contributed by atoms with Gasteiger partial charge in [-0.3, -0.25) is 9.89 Å². The van der Waals surface area contributed by atoms with Gasteiger partial charge in [0.05, 0.1) is 22.8 Å². The second kappa shape index (κ2) is 7.80. The number of nitrogens with zero attached hydrogens (tertiary/aromatic N) is 9. The highest BCUT2D eigenvalue weighted by Crippen LogP contribution is 2.38. The van der Waals surface area contributed by atoms with E-state index < -0.39 is 0 Å². The molecule has 0 unspecified atom stereocenters. The van der Waals surface area contributed by atoms with Crippen LogP contribution in [0, 0.1) is 5.41 Å². The van der Waals surface area contributed by atoms with Crippen molar-refractivity contribution in [1.29, 1.82) is 0 Å². The van der Waals surface area contributed by atoms with E-state index in [4.69, 9.17) is 0 Å². The largest absolute Gasteiger partial charge is 0.355 e. The lowest BCUT2D eigenvalue weighted by atomic mass is 9.74. The van der Waals surface area contributed by atoms with E-state index in [1.54, 1.807) is 11.0 Å². The van der Waals surface area contributed by atoms with Crippen molar-refractivity contribution in [3.63, 3.8) is 0 Å². The van der Waals surface area contributed by atoms with Gasteiger partial charge in [0.1, 0.15) is 17.8 Å². The van der Waals surface area contributed by atoms with E-state index in [9.17, 15) is 4.79 Å². The molecule has 2 fully saturated rings. The molecule has 188 valence electrons. The Morgan fingerprint density at radius 1 is 1.19 bits per heavy atom. The fourth-order valence-electron chi connectivity index (χ4n) is 5.53. The molecule has 3 aliphatic rings. The summed E-state index contributed by atoms with van der Waals surface area (Å²) >= 11 is 0. The molecule has 3 aromatic heterocycles. The second-order valence-corrected chi connectivity index (χ2v) is 10.2. The molecule has 1 spiro atoms. The quantitative estimate of drug-likeness (QED) is 0.377. The Hall–Kier alpha value is -4.39. The van der Waals surface area contributed by atoms with Crippen molar-refractivity contribution in [3.8, 4) is 11.4 Å². The number of aromatic nitrogens is 8. The van der Waals surface area contributed by atoms with Gasteiger partial charge in [0.15, 0.2) is 0 Å². The highest BCUT2D eigenvalue weighted by atomic mass is 16.1. The van der Waals surface area contributed by atoms with Gasteiger partial charge in [0, 0.05) is 61.5 Å². The second-order valence-electron chi connectivity index (χ2n) is 10.2. The van der Waals surface area contributed by atoms with Crippen LogP contribution in [-0.4, -0.2) is 79.5 Å². The Morgan fingerprint density at radius 2 is 2.03 bits per heavy atom. The van der Waals surface area contributed by atoms with E-state index in [-0.39, 0.29) is 11.9 Å². The molecular formula is C24H26N12O. The number of carbonyl (C=O) groups excluding carboxylic acids is 1. The van der Waals surface area contributed by atoms with Gasteiger partial charge in [-0.25, -0.2) is 14.6 Å². The highest BCUT2D eigenvalue weighted by Gasteiger charge is 2.48. The van der Waals surface area contributed by atoms with Gasteiger partial charge in [-0.15, -0.1) is 0 Å². The number of carbonyl (C=O) groups is 1. The average Bonchev–Trinajstić information content (AvgIpc) is 3.49. The first-order valence-corrected chi connectivity index (χ1v) is 12.2. The Bertz CT molecular complexity index is 1570. The fourth-order valence-corrected chi connectivity index (χ4v) is 5.53. The first-order valence-electron chi connectivity index (χ1n) is 12.2. The van der Waals surface area contributed by atoms with Crippen molar-refractivity contribution in [3.05, 3.63) is 41.9 Å². The average molecular weight is 499 g/mol. The van der Waals surface area contributed by atoms with E-state index in [0.717, 1.165) is 60.0 Å². The molecule has 1 aromatic carbocycles. The lowest BCUT2D eigenvalue weighted by molar-refractivity contribution is -0.113. The van der Waals surface area contributed by atoms with Crippen LogP contribution in [0.3, 0.4) is 0 Å². The van der Waals surface area contributed by atoms with Gasteiger partial charge in [0.25, 0.3) is 5.91 Å². The summed E-state index contributed by atoms with van der Waals surface area (Å²) in [6.07, 6.45) is 1.59. The summed E-state index contributed by atoms with van der Waals surface area (Å²) in [6.45, 7) is 7.96. The monoisotopic (exact) mass is 498 g/mol. The van der Waals surface area contributed by atoms with Crippen molar-refractivity contribution in [2.45, 2.75) is 19.9 Å². The van der Waals surface area contributed by atoms with Crippen molar-refractivity contribution >= 4 is 34.3 Å². The van der Waals surface area contributed by atoms with Crippen molar-refractivity contribution in [2.75, 3.05) is 48.3 Å². The number of hydrogen-bond acceptors (Lipinski definition) is 10. The summed E-state index contributed by atoms with van der Waals surface area (Å²) in [5.41, 5.74) is 4.78. The maximum absolute atomic E-state index is 13.4. The maximum Gasteiger partial charge on any atom is 0.255 e. The number of H-pyrrole nitrogens is 1. The molecule has 13 heteroatoms. The molecule has 3 N–H and O–H groups in total. The first-order chi connectivity index (χ1) is 17.9. The summed E-state index contributed by atoms with van der Waals surface area (Å²) in [6, 6.07) is 7.36. The van der Waals surface area contributed by atoms with Crippen LogP contribution in [0.4, 0.5) is 17.5 Å². The number of anilines is 3. The Kier molecular flexibility index (Phi) is 4.61. The van der Waals surface area contributed by atoms with Crippen LogP contribution in [0.5, 0.6) is 0 Å². The van der Waals surface area contributed by atoms with Crippen LogP contribution >= 0.6 is 0 Å². The third-order valence-corrected chi connectivity index (χ3v) is 7.79. The smallest absolute Gasteiger partial charge is 0.255 e. The zero-order valence-electron chi connectivity index (χ0n) is 20.7. The van der Waals surface area contributed by atoms with Crippen LogP contribution < -0.4 is 20.4 Å². The molecule has 1 amide bonds. The minimum atomic E-state index is -0.301. The summed E-state index contributed by atoms with van der Waals surface area (Å²) < 4.78 is 1.65. The summed E-state index contributed by atoms with van der Waals surface area (Å²) in [4.78, 5) is 26.5. The van der Waals surface area contributed by atoms with Crippen LogP contribution in [-0.2, 0) is 4.79 Å². The fraction of sp³-hybridized carbons (Fsp3) is 0.375. The molecule has 0 radical (unpaired) electrons. The van der Waals surface area contributed by atoms with E-state index in [1.807, 2.05) is 50.1 Å². The summed E-state index contributed by atoms with van der Waals surface area (Å²) in [5.74, 6) is 1.31. The molecule has 1 atom stereocenters. The van der Waals surface area contributed by atoms with Crippen LogP contribution in [0.25, 0.3) is 22.3 Å². The SMILES string of the molecule is CC1=C(C(=O)Nc2ccc3[nH]nc(-c4cc(N5CC6(CNC6)C5)ncn4)c3c2)[C@H](C)n2nnnc2N1C. The number of aromatic amines is 1. The number of fused-ring (bicyclic) bond motifs is 2. The topological polar surface area (TPSA) is 146 Å². The van der Waals surface area contributed by atoms with E-state index in [1.165, 1.54) is 0 Å². The van der Waals surface area contributed by atoms with Gasteiger partial charge in [0.2, 0.25) is 5.95 Å². The number of hydrogen-bond donors (Lipinski definition) is 3. The summed E-state index contributed by atoms with van der Waals surface area (Å²) in [5, 5.41) is 26.8. The minimum Gasteiger partial charge on any atom is -0.355 e. The van der Waals surface area contributed by atoms with Crippen molar-refractivity contribution in [2.24, 2.45) is 5.41 Å². The molecule has 13 nitrogen and oxygen atoms in total. The van der Waals surface area contributed by atoms with Gasteiger partial charge >= 0.3 is 0 Å². The van der Waals surface area contributed by atoms with Gasteiger partial charge < -0.3 is 20.4 Å². The van der Waals surface area contributed by atoms with Crippen LogP contribution in [0.2, 0.25) is 0 Å². The number of benzene rings is 1. The van der Waals surface area contributed by atoms with Crippen molar-refractivity contribution < 1.29 is 4.79 Å². The number of allylic oxidation sites excluding steroid dienone is 1. The van der Waals surface area contributed by atoms with E-state index in [2.05, 4.69) is 51.2 Å². The molecule has 0 aliphatic carbocycles.